The highest BCUT2D eigenvalue weighted by Gasteiger charge is 2.18. The summed E-state index contributed by atoms with van der Waals surface area (Å²) in [5, 5.41) is 11.8. The number of carbonyl (C=O) groups is 1. The second kappa shape index (κ2) is 8.06. The first-order chi connectivity index (χ1) is 11.4. The lowest BCUT2D eigenvalue weighted by atomic mass is 9.90. The molecule has 5 nitrogen and oxygen atoms in total. The van der Waals surface area contributed by atoms with E-state index in [1.54, 1.807) is 18.2 Å². The van der Waals surface area contributed by atoms with Crippen LogP contribution in [-0.4, -0.2) is 29.1 Å². The van der Waals surface area contributed by atoms with Crippen molar-refractivity contribution in [3.63, 3.8) is 0 Å². The molecule has 0 saturated heterocycles. The fourth-order valence-electron chi connectivity index (χ4n) is 2.25. The van der Waals surface area contributed by atoms with E-state index in [-0.39, 0.29) is 30.2 Å². The van der Waals surface area contributed by atoms with Gasteiger partial charge >= 0.3 is 0 Å². The predicted octanol–water partition coefficient (Wildman–Crippen LogP) is 2.94. The van der Waals surface area contributed by atoms with Gasteiger partial charge in [0.15, 0.2) is 11.7 Å². The zero-order chi connectivity index (χ0) is 17.6. The molecule has 1 heterocycles. The van der Waals surface area contributed by atoms with Crippen LogP contribution >= 0.6 is 0 Å². The number of carbonyl (C=O) groups excluding carboxylic acids is 1. The summed E-state index contributed by atoms with van der Waals surface area (Å²) in [7, 11) is 0. The number of hydrogen-bond acceptors (Lipinski definition) is 4. The van der Waals surface area contributed by atoms with Gasteiger partial charge in [0.05, 0.1) is 11.8 Å². The quantitative estimate of drug-likeness (QED) is 0.778. The number of benzene rings is 1. The van der Waals surface area contributed by atoms with E-state index in [9.17, 15) is 9.18 Å². The topological polar surface area (TPSA) is 75.4 Å². The van der Waals surface area contributed by atoms with Crippen molar-refractivity contribution in [1.29, 1.82) is 0 Å². The van der Waals surface area contributed by atoms with Gasteiger partial charge in [0.25, 0.3) is 0 Å². The minimum Gasteiger partial charge on any atom is -0.441 e. The monoisotopic (exact) mass is 334 g/mol. The molecular formula is C18H23FN2O3. The van der Waals surface area contributed by atoms with E-state index in [4.69, 9.17) is 9.52 Å². The molecule has 1 aromatic heterocycles. The molecule has 0 radical (unpaired) electrons. The van der Waals surface area contributed by atoms with Crippen molar-refractivity contribution in [2.45, 2.75) is 33.1 Å². The normalized spacial score (nSPS) is 11.5. The van der Waals surface area contributed by atoms with E-state index < -0.39 is 0 Å². The largest absolute Gasteiger partial charge is 0.441 e. The van der Waals surface area contributed by atoms with Crippen LogP contribution in [0.1, 0.15) is 32.6 Å². The smallest absolute Gasteiger partial charge is 0.220 e. The summed E-state index contributed by atoms with van der Waals surface area (Å²) < 4.78 is 19.2. The van der Waals surface area contributed by atoms with E-state index in [1.807, 2.05) is 13.8 Å². The molecule has 1 aromatic carbocycles. The third-order valence-electron chi connectivity index (χ3n) is 3.81. The molecule has 2 N–H and O–H groups in total. The summed E-state index contributed by atoms with van der Waals surface area (Å²) in [5.74, 6) is 0.279. The first-order valence-electron chi connectivity index (χ1n) is 7.98. The van der Waals surface area contributed by atoms with E-state index in [1.165, 1.54) is 12.3 Å². The predicted molar refractivity (Wildman–Crippen MR) is 88.7 cm³/mol. The molecule has 0 bridgehead atoms. The van der Waals surface area contributed by atoms with E-state index in [0.717, 1.165) is 0 Å². The number of oxazole rings is 1. The highest BCUT2D eigenvalue weighted by atomic mass is 19.1. The van der Waals surface area contributed by atoms with Crippen molar-refractivity contribution in [2.75, 3.05) is 13.2 Å². The summed E-state index contributed by atoms with van der Waals surface area (Å²) in [6.07, 6.45) is 2.68. The third kappa shape index (κ3) is 5.16. The van der Waals surface area contributed by atoms with Gasteiger partial charge in [-0.25, -0.2) is 9.37 Å². The van der Waals surface area contributed by atoms with E-state index in [2.05, 4.69) is 10.3 Å². The van der Waals surface area contributed by atoms with Gasteiger partial charge in [-0.1, -0.05) is 26.0 Å². The number of hydrogen-bond donors (Lipinski definition) is 2. The standard InChI is InChI=1S/C18H23FN2O3/c1-18(2,9-10-22)12-21-16(23)7-8-17-20-11-15(24-17)13-5-3-4-6-14(13)19/h3-6,11,22H,7-10,12H2,1-2H3,(H,21,23). The Balaban J connectivity index is 1.85. The average molecular weight is 334 g/mol. The molecule has 2 aromatic rings. The van der Waals surface area contributed by atoms with Gasteiger partial charge in [-0.3, -0.25) is 4.79 Å². The SMILES string of the molecule is CC(C)(CCO)CNC(=O)CCc1ncc(-c2ccccc2F)o1. The van der Waals surface area contributed by atoms with Crippen molar-refractivity contribution in [2.24, 2.45) is 5.41 Å². The lowest BCUT2D eigenvalue weighted by Gasteiger charge is -2.23. The van der Waals surface area contributed by atoms with Crippen LogP contribution in [0.4, 0.5) is 4.39 Å². The Morgan fingerprint density at radius 1 is 1.38 bits per heavy atom. The molecule has 0 atom stereocenters. The van der Waals surface area contributed by atoms with Gasteiger partial charge in [-0.15, -0.1) is 0 Å². The molecule has 0 saturated carbocycles. The van der Waals surface area contributed by atoms with Gasteiger partial charge in [-0.05, 0) is 24.0 Å². The number of nitrogens with zero attached hydrogens (tertiary/aromatic N) is 1. The van der Waals surface area contributed by atoms with Gasteiger partial charge in [-0.2, -0.15) is 0 Å². The Kier molecular flexibility index (Phi) is 6.09. The maximum absolute atomic E-state index is 13.7. The van der Waals surface area contributed by atoms with Crippen molar-refractivity contribution < 1.29 is 18.7 Å². The minimum absolute atomic E-state index is 0.0952. The van der Waals surface area contributed by atoms with Crippen LogP contribution in [-0.2, 0) is 11.2 Å². The fourth-order valence-corrected chi connectivity index (χ4v) is 2.25. The number of aliphatic hydroxyl groups is 1. The van der Waals surface area contributed by atoms with Crippen LogP contribution in [0, 0.1) is 11.2 Å². The molecule has 6 heteroatoms. The molecule has 0 aliphatic carbocycles. The lowest BCUT2D eigenvalue weighted by Crippen LogP contribution is -2.34. The molecule has 2 rings (SSSR count). The van der Waals surface area contributed by atoms with Gasteiger partial charge in [0.2, 0.25) is 5.91 Å². The summed E-state index contributed by atoms with van der Waals surface area (Å²) in [4.78, 5) is 16.0. The Hall–Kier alpha value is -2.21. The maximum atomic E-state index is 13.7. The van der Waals surface area contributed by atoms with Gasteiger partial charge in [0, 0.05) is 26.0 Å². The molecular weight excluding hydrogens is 311 g/mol. The number of nitrogens with one attached hydrogen (secondary N) is 1. The Morgan fingerprint density at radius 3 is 2.83 bits per heavy atom. The second-order valence-electron chi connectivity index (χ2n) is 6.51. The molecule has 24 heavy (non-hydrogen) atoms. The highest BCUT2D eigenvalue weighted by molar-refractivity contribution is 5.76. The zero-order valence-electron chi connectivity index (χ0n) is 14.0. The molecule has 130 valence electrons. The second-order valence-corrected chi connectivity index (χ2v) is 6.51. The molecule has 0 fully saturated rings. The zero-order valence-corrected chi connectivity index (χ0v) is 14.0. The van der Waals surface area contributed by atoms with Crippen LogP contribution in [0.5, 0.6) is 0 Å². The van der Waals surface area contributed by atoms with Crippen molar-refractivity contribution in [3.8, 4) is 11.3 Å². The van der Waals surface area contributed by atoms with Crippen molar-refractivity contribution in [1.82, 2.24) is 10.3 Å². The molecule has 0 spiro atoms. The van der Waals surface area contributed by atoms with E-state index in [0.29, 0.717) is 36.6 Å². The fraction of sp³-hybridized carbons (Fsp3) is 0.444. The number of halogens is 1. The first-order valence-corrected chi connectivity index (χ1v) is 7.98. The molecule has 0 aliphatic rings. The highest BCUT2D eigenvalue weighted by Crippen LogP contribution is 2.23. The number of aryl methyl sites for hydroxylation is 1. The van der Waals surface area contributed by atoms with Crippen molar-refractivity contribution in [3.05, 3.63) is 42.2 Å². The molecule has 0 aliphatic heterocycles. The lowest BCUT2D eigenvalue weighted by molar-refractivity contribution is -0.121. The Labute approximate surface area is 140 Å². The first kappa shape index (κ1) is 18.1. The van der Waals surface area contributed by atoms with Crippen LogP contribution in [0.15, 0.2) is 34.9 Å². The maximum Gasteiger partial charge on any atom is 0.220 e. The average Bonchev–Trinajstić information content (AvgIpc) is 3.00. The number of aliphatic hydroxyl groups excluding tert-OH is 1. The van der Waals surface area contributed by atoms with Crippen LogP contribution in [0.25, 0.3) is 11.3 Å². The summed E-state index contributed by atoms with van der Waals surface area (Å²) in [6.45, 7) is 4.56. The number of aromatic nitrogens is 1. The summed E-state index contributed by atoms with van der Waals surface area (Å²) in [6, 6.07) is 6.32. The number of amides is 1. The molecule has 1 amide bonds. The summed E-state index contributed by atoms with van der Waals surface area (Å²) in [5.41, 5.74) is 0.206. The Morgan fingerprint density at radius 2 is 2.12 bits per heavy atom. The Bertz CT molecular complexity index is 682. The van der Waals surface area contributed by atoms with Crippen molar-refractivity contribution >= 4 is 5.91 Å². The van der Waals surface area contributed by atoms with Crippen LogP contribution in [0.3, 0.4) is 0 Å². The van der Waals surface area contributed by atoms with E-state index >= 15 is 0 Å². The van der Waals surface area contributed by atoms with Gasteiger partial charge in [0.1, 0.15) is 5.82 Å². The van der Waals surface area contributed by atoms with Crippen LogP contribution < -0.4 is 5.32 Å². The van der Waals surface area contributed by atoms with Crippen LogP contribution in [0.2, 0.25) is 0 Å². The third-order valence-corrected chi connectivity index (χ3v) is 3.81. The summed E-state index contributed by atoms with van der Waals surface area (Å²) >= 11 is 0. The van der Waals surface area contributed by atoms with Gasteiger partial charge < -0.3 is 14.8 Å². The number of rotatable bonds is 8. The molecule has 0 unspecified atom stereocenters. The minimum atomic E-state index is -0.371.